The van der Waals surface area contributed by atoms with Gasteiger partial charge in [-0.1, -0.05) is 20.3 Å². The molecule has 1 N–H and O–H groups in total. The normalized spacial score (nSPS) is 33.3. The zero-order valence-corrected chi connectivity index (χ0v) is 10.7. The summed E-state index contributed by atoms with van der Waals surface area (Å²) in [4.78, 5) is 25.7. The predicted octanol–water partition coefficient (Wildman–Crippen LogP) is 1.16. The minimum absolute atomic E-state index is 0.0168. The minimum Gasteiger partial charge on any atom is -0.344 e. The highest BCUT2D eigenvalue weighted by Crippen LogP contribution is 2.38. The fourth-order valence-corrected chi connectivity index (χ4v) is 2.50. The highest BCUT2D eigenvalue weighted by molar-refractivity contribution is 5.89. The van der Waals surface area contributed by atoms with Crippen LogP contribution >= 0.6 is 0 Å². The Morgan fingerprint density at radius 3 is 2.71 bits per heavy atom. The van der Waals surface area contributed by atoms with Crippen LogP contribution in [0.3, 0.4) is 0 Å². The molecule has 0 spiro atoms. The smallest absolute Gasteiger partial charge is 0.245 e. The van der Waals surface area contributed by atoms with Crippen molar-refractivity contribution in [2.24, 2.45) is 11.8 Å². The van der Waals surface area contributed by atoms with E-state index in [-0.39, 0.29) is 17.9 Å². The van der Waals surface area contributed by atoms with E-state index < -0.39 is 0 Å². The Labute approximate surface area is 103 Å². The molecule has 0 aromatic carbocycles. The molecule has 4 heteroatoms. The third-order valence-electron chi connectivity index (χ3n) is 3.86. The number of nitrogens with one attached hydrogen (secondary N) is 1. The molecule has 1 saturated carbocycles. The highest BCUT2D eigenvalue weighted by Gasteiger charge is 2.37. The zero-order chi connectivity index (χ0) is 12.4. The summed E-state index contributed by atoms with van der Waals surface area (Å²) in [5.41, 5.74) is 0. The molecule has 2 rings (SSSR count). The molecule has 3 atom stereocenters. The van der Waals surface area contributed by atoms with Gasteiger partial charge < -0.3 is 10.2 Å². The Morgan fingerprint density at radius 2 is 2.12 bits per heavy atom. The molecule has 0 aromatic heterocycles. The molecule has 2 amide bonds. The average Bonchev–Trinajstić information content (AvgIpc) is 2.99. The topological polar surface area (TPSA) is 49.4 Å². The van der Waals surface area contributed by atoms with Crippen LogP contribution < -0.4 is 5.32 Å². The van der Waals surface area contributed by atoms with Crippen LogP contribution in [0.1, 0.15) is 39.5 Å². The monoisotopic (exact) mass is 238 g/mol. The van der Waals surface area contributed by atoms with Crippen LogP contribution in [0.5, 0.6) is 0 Å². The Hall–Kier alpha value is -1.06. The van der Waals surface area contributed by atoms with Crippen molar-refractivity contribution in [3.8, 4) is 0 Å². The summed E-state index contributed by atoms with van der Waals surface area (Å²) < 4.78 is 0. The maximum atomic E-state index is 12.3. The first-order valence-electron chi connectivity index (χ1n) is 6.70. The number of carbonyl (C=O) groups is 2. The van der Waals surface area contributed by atoms with Gasteiger partial charge in [0, 0.05) is 19.5 Å². The molecular weight excluding hydrogens is 216 g/mol. The molecule has 17 heavy (non-hydrogen) atoms. The van der Waals surface area contributed by atoms with E-state index in [4.69, 9.17) is 0 Å². The van der Waals surface area contributed by atoms with Crippen molar-refractivity contribution in [3.05, 3.63) is 0 Å². The van der Waals surface area contributed by atoms with Crippen molar-refractivity contribution < 1.29 is 9.59 Å². The lowest BCUT2D eigenvalue weighted by Crippen LogP contribution is -2.45. The van der Waals surface area contributed by atoms with Crippen LogP contribution in [0.4, 0.5) is 0 Å². The van der Waals surface area contributed by atoms with Gasteiger partial charge in [-0.15, -0.1) is 0 Å². The third-order valence-corrected chi connectivity index (χ3v) is 3.86. The van der Waals surface area contributed by atoms with Gasteiger partial charge in [-0.3, -0.25) is 9.59 Å². The van der Waals surface area contributed by atoms with Gasteiger partial charge >= 0.3 is 0 Å². The van der Waals surface area contributed by atoms with Crippen LogP contribution in [-0.2, 0) is 9.59 Å². The van der Waals surface area contributed by atoms with Crippen molar-refractivity contribution in [2.45, 2.75) is 45.6 Å². The van der Waals surface area contributed by atoms with E-state index in [1.54, 1.807) is 0 Å². The Balaban J connectivity index is 1.98. The van der Waals surface area contributed by atoms with Crippen LogP contribution in [-0.4, -0.2) is 35.8 Å². The first-order valence-corrected chi connectivity index (χ1v) is 6.70. The molecule has 2 fully saturated rings. The number of hydrogen-bond acceptors (Lipinski definition) is 2. The molecule has 96 valence electrons. The van der Waals surface area contributed by atoms with Crippen molar-refractivity contribution >= 4 is 11.8 Å². The second-order valence-corrected chi connectivity index (χ2v) is 5.42. The van der Waals surface area contributed by atoms with E-state index >= 15 is 0 Å². The standard InChI is InChI=1S/C13H22N2O2/c1-3-4-11-13(17)15(6-5-12(16)14-11)8-10-7-9(10)2/h9-11H,3-8H2,1-2H3,(H,14,16). The fraction of sp³-hybridized carbons (Fsp3) is 0.846. The molecule has 1 saturated heterocycles. The fourth-order valence-electron chi connectivity index (χ4n) is 2.50. The van der Waals surface area contributed by atoms with E-state index in [1.165, 1.54) is 6.42 Å². The van der Waals surface area contributed by atoms with Gasteiger partial charge in [-0.2, -0.15) is 0 Å². The van der Waals surface area contributed by atoms with E-state index in [0.717, 1.165) is 25.3 Å². The van der Waals surface area contributed by atoms with Gasteiger partial charge in [-0.25, -0.2) is 0 Å². The van der Waals surface area contributed by atoms with Gasteiger partial charge in [0.25, 0.3) is 0 Å². The van der Waals surface area contributed by atoms with Gasteiger partial charge in [0.05, 0.1) is 0 Å². The average molecular weight is 238 g/mol. The van der Waals surface area contributed by atoms with Crippen molar-refractivity contribution in [3.63, 3.8) is 0 Å². The molecule has 0 radical (unpaired) electrons. The Morgan fingerprint density at radius 1 is 1.41 bits per heavy atom. The number of nitrogens with zero attached hydrogens (tertiary/aromatic N) is 1. The van der Waals surface area contributed by atoms with Crippen LogP contribution in [0, 0.1) is 11.8 Å². The van der Waals surface area contributed by atoms with Crippen molar-refractivity contribution in [1.82, 2.24) is 10.2 Å². The zero-order valence-electron chi connectivity index (χ0n) is 10.7. The molecule has 4 nitrogen and oxygen atoms in total. The van der Waals surface area contributed by atoms with Crippen LogP contribution in [0.2, 0.25) is 0 Å². The summed E-state index contributed by atoms with van der Waals surface area (Å²) in [6.07, 6.45) is 3.35. The van der Waals surface area contributed by atoms with Gasteiger partial charge in [0.15, 0.2) is 0 Å². The lowest BCUT2D eigenvalue weighted by atomic mass is 10.1. The van der Waals surface area contributed by atoms with E-state index in [2.05, 4.69) is 12.2 Å². The minimum atomic E-state index is -0.288. The van der Waals surface area contributed by atoms with E-state index in [1.807, 2.05) is 11.8 Å². The Kier molecular flexibility index (Phi) is 3.69. The van der Waals surface area contributed by atoms with E-state index in [0.29, 0.717) is 18.9 Å². The Bertz CT molecular complexity index is 317. The summed E-state index contributed by atoms with van der Waals surface area (Å²) in [6, 6.07) is -0.288. The lowest BCUT2D eigenvalue weighted by molar-refractivity contribution is -0.134. The summed E-state index contributed by atoms with van der Waals surface area (Å²) in [5, 5.41) is 2.83. The van der Waals surface area contributed by atoms with Gasteiger partial charge in [-0.05, 0) is 24.7 Å². The van der Waals surface area contributed by atoms with Crippen LogP contribution in [0.25, 0.3) is 0 Å². The molecule has 2 aliphatic rings. The number of hydrogen-bond donors (Lipinski definition) is 1. The second-order valence-electron chi connectivity index (χ2n) is 5.42. The molecule has 0 bridgehead atoms. The largest absolute Gasteiger partial charge is 0.344 e. The van der Waals surface area contributed by atoms with Gasteiger partial charge in [0.2, 0.25) is 11.8 Å². The molecule has 1 aliphatic carbocycles. The molecular formula is C13H22N2O2. The summed E-state index contributed by atoms with van der Waals surface area (Å²) in [5.74, 6) is 1.55. The number of amides is 2. The maximum Gasteiger partial charge on any atom is 0.245 e. The molecule has 1 aliphatic heterocycles. The highest BCUT2D eigenvalue weighted by atomic mass is 16.2. The quantitative estimate of drug-likeness (QED) is 0.799. The second kappa shape index (κ2) is 5.07. The van der Waals surface area contributed by atoms with Crippen molar-refractivity contribution in [2.75, 3.05) is 13.1 Å². The third kappa shape index (κ3) is 2.99. The number of carbonyl (C=O) groups excluding carboxylic acids is 2. The van der Waals surface area contributed by atoms with Crippen LogP contribution in [0.15, 0.2) is 0 Å². The predicted molar refractivity (Wildman–Crippen MR) is 65.3 cm³/mol. The van der Waals surface area contributed by atoms with E-state index in [9.17, 15) is 9.59 Å². The molecule has 3 unspecified atom stereocenters. The number of rotatable bonds is 4. The summed E-state index contributed by atoms with van der Waals surface area (Å²) in [7, 11) is 0. The summed E-state index contributed by atoms with van der Waals surface area (Å²) >= 11 is 0. The molecule has 1 heterocycles. The first kappa shape index (κ1) is 12.4. The van der Waals surface area contributed by atoms with Gasteiger partial charge in [0.1, 0.15) is 6.04 Å². The van der Waals surface area contributed by atoms with Crippen molar-refractivity contribution in [1.29, 1.82) is 0 Å². The lowest BCUT2D eigenvalue weighted by Gasteiger charge is -2.23. The maximum absolute atomic E-state index is 12.3. The first-order chi connectivity index (χ1) is 8.11. The molecule has 0 aromatic rings. The summed E-state index contributed by atoms with van der Waals surface area (Å²) in [6.45, 7) is 5.70. The SMILES string of the molecule is CCCC1NC(=O)CCN(CC2CC2C)C1=O.